The van der Waals surface area contributed by atoms with Gasteiger partial charge in [-0.3, -0.25) is 4.31 Å². The molecule has 2 aromatic carbocycles. The molecule has 0 aromatic heterocycles. The highest BCUT2D eigenvalue weighted by Gasteiger charge is 2.32. The summed E-state index contributed by atoms with van der Waals surface area (Å²) in [6, 6.07) is 14.7. The fourth-order valence-corrected chi connectivity index (χ4v) is 4.36. The van der Waals surface area contributed by atoms with Crippen LogP contribution in [0, 0.1) is 0 Å². The molecule has 2 aromatic rings. The third-order valence-corrected chi connectivity index (χ3v) is 5.83. The molecular formula is C18H21NO4S. The lowest BCUT2D eigenvalue weighted by Gasteiger charge is -2.30. The van der Waals surface area contributed by atoms with E-state index in [2.05, 4.69) is 0 Å². The minimum absolute atomic E-state index is 0.0317. The van der Waals surface area contributed by atoms with Gasteiger partial charge in [0, 0.05) is 6.04 Å². The average molecular weight is 347 g/mol. The van der Waals surface area contributed by atoms with Gasteiger partial charge in [0.25, 0.3) is 10.0 Å². The van der Waals surface area contributed by atoms with E-state index >= 15 is 0 Å². The van der Waals surface area contributed by atoms with Gasteiger partial charge in [0.1, 0.15) is 4.90 Å². The SMILES string of the molecule is CCC(C)N(c1ccccc1)S(=O)(=O)c1ccccc1C(=O)OC. The largest absolute Gasteiger partial charge is 0.465 e. The molecule has 0 N–H and O–H groups in total. The standard InChI is InChI=1S/C18H21NO4S/c1-4-14(2)19(15-10-6-5-7-11-15)24(21,22)17-13-9-8-12-16(17)18(20)23-3/h5-14H,4H2,1-3H3. The molecule has 5 nitrogen and oxygen atoms in total. The molecule has 0 saturated heterocycles. The number of hydrogen-bond acceptors (Lipinski definition) is 4. The molecule has 0 bridgehead atoms. The van der Waals surface area contributed by atoms with Gasteiger partial charge >= 0.3 is 5.97 Å². The van der Waals surface area contributed by atoms with Crippen LogP contribution >= 0.6 is 0 Å². The van der Waals surface area contributed by atoms with E-state index < -0.39 is 16.0 Å². The minimum Gasteiger partial charge on any atom is -0.465 e. The van der Waals surface area contributed by atoms with Crippen LogP contribution in [0.2, 0.25) is 0 Å². The van der Waals surface area contributed by atoms with E-state index in [-0.39, 0.29) is 16.5 Å². The second-order valence-corrected chi connectivity index (χ2v) is 7.16. The Morgan fingerprint density at radius 2 is 1.67 bits per heavy atom. The van der Waals surface area contributed by atoms with Crippen LogP contribution in [0.3, 0.4) is 0 Å². The van der Waals surface area contributed by atoms with E-state index in [1.54, 1.807) is 36.4 Å². The number of rotatable bonds is 6. The van der Waals surface area contributed by atoms with Gasteiger partial charge in [-0.05, 0) is 37.6 Å². The predicted molar refractivity (Wildman–Crippen MR) is 93.6 cm³/mol. The summed E-state index contributed by atoms with van der Waals surface area (Å²) in [5, 5.41) is 0. The normalized spacial score (nSPS) is 12.5. The van der Waals surface area contributed by atoms with Crippen LogP contribution in [0.15, 0.2) is 59.5 Å². The number of hydrogen-bond donors (Lipinski definition) is 0. The first kappa shape index (κ1) is 18.0. The van der Waals surface area contributed by atoms with Crippen molar-refractivity contribution in [3.8, 4) is 0 Å². The molecule has 128 valence electrons. The van der Waals surface area contributed by atoms with Crippen molar-refractivity contribution in [1.82, 2.24) is 0 Å². The van der Waals surface area contributed by atoms with E-state index in [4.69, 9.17) is 4.74 Å². The summed E-state index contributed by atoms with van der Waals surface area (Å²) < 4.78 is 32.7. The lowest BCUT2D eigenvalue weighted by atomic mass is 10.2. The van der Waals surface area contributed by atoms with Crippen LogP contribution in [0.5, 0.6) is 0 Å². The molecule has 24 heavy (non-hydrogen) atoms. The molecule has 6 heteroatoms. The fraction of sp³-hybridized carbons (Fsp3) is 0.278. The number of sulfonamides is 1. The molecule has 0 aliphatic heterocycles. The van der Waals surface area contributed by atoms with Crippen LogP contribution in [0.25, 0.3) is 0 Å². The molecule has 0 spiro atoms. The van der Waals surface area contributed by atoms with Crippen molar-refractivity contribution in [2.24, 2.45) is 0 Å². The Hall–Kier alpha value is -2.34. The molecule has 0 saturated carbocycles. The smallest absolute Gasteiger partial charge is 0.339 e. The summed E-state index contributed by atoms with van der Waals surface area (Å²) >= 11 is 0. The van der Waals surface area contributed by atoms with Gasteiger partial charge in [0.2, 0.25) is 0 Å². The molecule has 1 unspecified atom stereocenters. The number of ether oxygens (including phenoxy) is 1. The number of esters is 1. The summed E-state index contributed by atoms with van der Waals surface area (Å²) in [5.74, 6) is -0.675. The van der Waals surface area contributed by atoms with Crippen LogP contribution in [0.4, 0.5) is 5.69 Å². The summed E-state index contributed by atoms with van der Waals surface area (Å²) in [6.45, 7) is 3.76. The number of benzene rings is 2. The average Bonchev–Trinajstić information content (AvgIpc) is 2.61. The predicted octanol–water partition coefficient (Wildman–Crippen LogP) is 3.47. The molecule has 0 heterocycles. The van der Waals surface area contributed by atoms with Crippen molar-refractivity contribution < 1.29 is 17.9 Å². The zero-order chi connectivity index (χ0) is 17.7. The zero-order valence-corrected chi connectivity index (χ0v) is 14.8. The van der Waals surface area contributed by atoms with Crippen LogP contribution < -0.4 is 4.31 Å². The fourth-order valence-electron chi connectivity index (χ4n) is 2.45. The Morgan fingerprint density at radius 3 is 2.25 bits per heavy atom. The number of para-hydroxylation sites is 1. The quantitative estimate of drug-likeness (QED) is 0.751. The zero-order valence-electron chi connectivity index (χ0n) is 14.0. The van der Waals surface area contributed by atoms with Gasteiger partial charge in [-0.1, -0.05) is 37.3 Å². The lowest BCUT2D eigenvalue weighted by Crippen LogP contribution is -2.39. The van der Waals surface area contributed by atoms with Gasteiger partial charge in [-0.15, -0.1) is 0 Å². The first-order chi connectivity index (χ1) is 11.4. The van der Waals surface area contributed by atoms with Crippen molar-refractivity contribution in [3.63, 3.8) is 0 Å². The van der Waals surface area contributed by atoms with Gasteiger partial charge in [0.15, 0.2) is 0 Å². The van der Waals surface area contributed by atoms with E-state index in [9.17, 15) is 13.2 Å². The van der Waals surface area contributed by atoms with Crippen LogP contribution in [0.1, 0.15) is 30.6 Å². The first-order valence-electron chi connectivity index (χ1n) is 7.70. The summed E-state index contributed by atoms with van der Waals surface area (Å²) in [7, 11) is -2.69. The number of nitrogens with zero attached hydrogens (tertiary/aromatic N) is 1. The second kappa shape index (κ2) is 7.49. The lowest BCUT2D eigenvalue weighted by molar-refractivity contribution is 0.0596. The second-order valence-electron chi connectivity index (χ2n) is 5.38. The number of carbonyl (C=O) groups is 1. The topological polar surface area (TPSA) is 63.7 Å². The van der Waals surface area contributed by atoms with E-state index in [0.29, 0.717) is 12.1 Å². The highest BCUT2D eigenvalue weighted by molar-refractivity contribution is 7.93. The van der Waals surface area contributed by atoms with Crippen molar-refractivity contribution in [3.05, 3.63) is 60.2 Å². The summed E-state index contributed by atoms with van der Waals surface area (Å²) in [5.41, 5.74) is 0.593. The maximum Gasteiger partial charge on any atom is 0.339 e. The molecule has 0 fully saturated rings. The van der Waals surface area contributed by atoms with Gasteiger partial charge in [-0.2, -0.15) is 0 Å². The summed E-state index contributed by atoms with van der Waals surface area (Å²) in [4.78, 5) is 11.9. The maximum absolute atomic E-state index is 13.3. The van der Waals surface area contributed by atoms with Crippen LogP contribution in [-0.2, 0) is 14.8 Å². The molecule has 0 aliphatic carbocycles. The van der Waals surface area contributed by atoms with Crippen molar-refractivity contribution in [2.45, 2.75) is 31.2 Å². The van der Waals surface area contributed by atoms with Crippen LogP contribution in [-0.4, -0.2) is 27.5 Å². The molecule has 0 amide bonds. The van der Waals surface area contributed by atoms with E-state index in [0.717, 1.165) is 0 Å². The minimum atomic E-state index is -3.92. The van der Waals surface area contributed by atoms with E-state index in [1.807, 2.05) is 19.9 Å². The Bertz CT molecular complexity index is 803. The van der Waals surface area contributed by atoms with Gasteiger partial charge in [0.05, 0.1) is 18.4 Å². The monoisotopic (exact) mass is 347 g/mol. The Balaban J connectivity index is 2.64. The van der Waals surface area contributed by atoms with Gasteiger partial charge < -0.3 is 4.74 Å². The highest BCUT2D eigenvalue weighted by atomic mass is 32.2. The number of methoxy groups -OCH3 is 1. The van der Waals surface area contributed by atoms with Gasteiger partial charge in [-0.25, -0.2) is 13.2 Å². The number of anilines is 1. The molecule has 0 radical (unpaired) electrons. The summed E-state index contributed by atoms with van der Waals surface area (Å²) in [6.07, 6.45) is 0.633. The molecule has 1 atom stereocenters. The molecular weight excluding hydrogens is 326 g/mol. The van der Waals surface area contributed by atoms with Crippen molar-refractivity contribution in [1.29, 1.82) is 0 Å². The van der Waals surface area contributed by atoms with Crippen molar-refractivity contribution >= 4 is 21.7 Å². The van der Waals surface area contributed by atoms with Crippen molar-refractivity contribution in [2.75, 3.05) is 11.4 Å². The Kier molecular flexibility index (Phi) is 5.62. The maximum atomic E-state index is 13.3. The molecule has 2 rings (SSSR count). The number of carbonyl (C=O) groups excluding carboxylic acids is 1. The third kappa shape index (κ3) is 3.43. The highest BCUT2D eigenvalue weighted by Crippen LogP contribution is 2.29. The Morgan fingerprint density at radius 1 is 1.08 bits per heavy atom. The molecule has 0 aliphatic rings. The van der Waals surface area contributed by atoms with E-state index in [1.165, 1.54) is 23.5 Å². The first-order valence-corrected chi connectivity index (χ1v) is 9.14. The Labute approximate surface area is 142 Å². The third-order valence-electron chi connectivity index (χ3n) is 3.83.